The quantitative estimate of drug-likeness (QED) is 0.0372. The number of nitrogens with one attached hydrogen (secondary N) is 8. The smallest absolute Gasteiger partial charge is 0.243 e. The number of para-hydroxylation sites is 1. The number of carbonyl (C=O) groups excluding carboxylic acids is 9. The number of carbonyl (C=O) groups is 9. The number of aromatic nitrogens is 3. The summed E-state index contributed by atoms with van der Waals surface area (Å²) in [4.78, 5) is 125. The number of hydrogen-bond acceptors (Lipinski definition) is 13. The fourth-order valence-corrected chi connectivity index (χ4v) is 7.64. The van der Waals surface area contributed by atoms with Crippen molar-refractivity contribution in [3.63, 3.8) is 0 Å². The Balaban J connectivity index is 1.66. The van der Waals surface area contributed by atoms with Crippen molar-refractivity contribution in [3.8, 4) is 0 Å². The topological polar surface area (TPSA) is 370 Å². The number of ketones is 1. The zero-order valence-corrected chi connectivity index (χ0v) is 42.2. The summed E-state index contributed by atoms with van der Waals surface area (Å²) in [6, 6.07) is -0.339. The molecule has 23 heteroatoms. The Labute approximate surface area is 414 Å². The molecule has 0 spiro atoms. The molecule has 1 aromatic carbocycles. The van der Waals surface area contributed by atoms with Crippen LogP contribution in [0, 0.1) is 17.3 Å². The molecule has 0 radical (unpaired) electrons. The molecule has 0 aliphatic carbocycles. The van der Waals surface area contributed by atoms with Gasteiger partial charge in [0.2, 0.25) is 47.3 Å². The molecule has 0 saturated heterocycles. The molecule has 2 aromatic heterocycles. The Hall–Kier alpha value is -6.72. The van der Waals surface area contributed by atoms with Gasteiger partial charge in [0.05, 0.1) is 50.1 Å². The number of Topliss-reactive ketones (excluding diaryl/α,β-unsaturated/α-hetero) is 1. The Morgan fingerprint density at radius 2 is 1.46 bits per heavy atom. The molecule has 392 valence electrons. The van der Waals surface area contributed by atoms with Gasteiger partial charge in [-0.3, -0.25) is 48.5 Å². The van der Waals surface area contributed by atoms with E-state index >= 15 is 0 Å². The SMILES string of the molecule is CC(C)C[C@H](NC(=O)[C@H](Cc1cncn1C)NCC(=O)CNC(=O)[C@@H](NC(=O)[C@H](C)NC(=O)[C@H](Cc1c[nH]c2ccccc12)NC(=O)[C@@H](N)CCC(N)=O)C(C)C)[C@@H](O)CC(=O)N[C@H](C(N)=O)C(C)(C)C. The predicted octanol–water partition coefficient (Wildman–Crippen LogP) is -1.65. The lowest BCUT2D eigenvalue weighted by molar-refractivity contribution is -0.134. The van der Waals surface area contributed by atoms with E-state index in [9.17, 15) is 48.3 Å². The minimum Gasteiger partial charge on any atom is -0.390 e. The second-order valence-corrected chi connectivity index (χ2v) is 19.9. The standard InChI is InChI=1S/C48H75N13O10/c1-25(2)16-34(37(63)19-39(65)59-41(42(51)66)48(6,7)8)57-45(69)35(18-29-21-52-24-61(29)9)54-22-30(62)23-55-47(71)40(26(3)4)60-43(67)27(5)56-46(70)36(58-44(68)32(49)14-15-38(50)64)17-28-20-53-33-13-11-10-12-31(28)33/h10-13,20-21,24-27,32,34-37,40-41,53-54,63H,14-19,22-23,49H2,1-9H3,(H2,50,64)(H2,51,66)(H,55,71)(H,56,70)(H,57,69)(H,58,68)(H,59,65)(H,60,67)/t27-,32-,34-,35-,36-,37-,40-,41+/m0/s1. The number of nitrogens with two attached hydrogens (primary N) is 3. The van der Waals surface area contributed by atoms with E-state index in [0.717, 1.165) is 10.9 Å². The van der Waals surface area contributed by atoms with Gasteiger partial charge in [-0.15, -0.1) is 0 Å². The first-order valence-corrected chi connectivity index (χ1v) is 23.7. The highest BCUT2D eigenvalue weighted by atomic mass is 16.3. The molecule has 2 heterocycles. The summed E-state index contributed by atoms with van der Waals surface area (Å²) < 4.78 is 1.69. The van der Waals surface area contributed by atoms with E-state index in [1.807, 2.05) is 38.1 Å². The molecule has 0 aliphatic rings. The molecule has 8 amide bonds. The number of fused-ring (bicyclic) bond motifs is 1. The molecule has 0 fully saturated rings. The van der Waals surface area contributed by atoms with Crippen LogP contribution in [0.3, 0.4) is 0 Å². The zero-order chi connectivity index (χ0) is 53.3. The van der Waals surface area contributed by atoms with Crippen molar-refractivity contribution in [2.45, 2.75) is 142 Å². The highest BCUT2D eigenvalue weighted by Crippen LogP contribution is 2.21. The summed E-state index contributed by atoms with van der Waals surface area (Å²) >= 11 is 0. The number of benzene rings is 1. The molecule has 0 bridgehead atoms. The number of amides is 8. The summed E-state index contributed by atoms with van der Waals surface area (Å²) in [6.45, 7) is 12.8. The second-order valence-electron chi connectivity index (χ2n) is 19.9. The third-order valence-corrected chi connectivity index (χ3v) is 11.8. The molecule has 3 aromatic rings. The van der Waals surface area contributed by atoms with Gasteiger partial charge >= 0.3 is 0 Å². The highest BCUT2D eigenvalue weighted by Gasteiger charge is 2.35. The van der Waals surface area contributed by atoms with Crippen molar-refractivity contribution >= 4 is 63.9 Å². The summed E-state index contributed by atoms with van der Waals surface area (Å²) in [5.74, 6) is -6.50. The minimum atomic E-state index is -1.36. The summed E-state index contributed by atoms with van der Waals surface area (Å²) in [5, 5.41) is 30.8. The summed E-state index contributed by atoms with van der Waals surface area (Å²) in [5.41, 5.74) is 18.2. The molecule has 15 N–H and O–H groups in total. The van der Waals surface area contributed by atoms with Gasteiger partial charge in [0.1, 0.15) is 24.2 Å². The third kappa shape index (κ3) is 18.8. The largest absolute Gasteiger partial charge is 0.390 e. The van der Waals surface area contributed by atoms with Gasteiger partial charge < -0.3 is 63.8 Å². The first kappa shape index (κ1) is 58.6. The maximum absolute atomic E-state index is 13.9. The lowest BCUT2D eigenvalue weighted by Gasteiger charge is -2.31. The van der Waals surface area contributed by atoms with Gasteiger partial charge in [-0.1, -0.05) is 66.7 Å². The molecule has 3 rings (SSSR count). The van der Waals surface area contributed by atoms with Gasteiger partial charge in [-0.2, -0.15) is 0 Å². The van der Waals surface area contributed by atoms with Crippen molar-refractivity contribution in [1.29, 1.82) is 0 Å². The van der Waals surface area contributed by atoms with Gasteiger partial charge in [0.15, 0.2) is 5.78 Å². The number of aliphatic hydroxyl groups excluding tert-OH is 1. The molecule has 0 aliphatic heterocycles. The fraction of sp³-hybridized carbons (Fsp3) is 0.583. The number of nitrogens with zero attached hydrogens (tertiary/aromatic N) is 2. The van der Waals surface area contributed by atoms with E-state index in [0.29, 0.717) is 11.3 Å². The van der Waals surface area contributed by atoms with Crippen LogP contribution in [0.2, 0.25) is 0 Å². The number of aromatic amines is 1. The van der Waals surface area contributed by atoms with Crippen LogP contribution in [0.15, 0.2) is 43.0 Å². The Morgan fingerprint density at radius 1 is 0.803 bits per heavy atom. The molecule has 0 saturated carbocycles. The average Bonchev–Trinajstić information content (AvgIpc) is 3.89. The maximum atomic E-state index is 13.9. The van der Waals surface area contributed by atoms with Crippen LogP contribution in [0.1, 0.15) is 92.3 Å². The number of aliphatic hydroxyl groups is 1. The number of hydrogen-bond donors (Lipinski definition) is 12. The monoisotopic (exact) mass is 994 g/mol. The lowest BCUT2D eigenvalue weighted by Crippen LogP contribution is -2.58. The van der Waals surface area contributed by atoms with Crippen LogP contribution in [0.25, 0.3) is 10.9 Å². The van der Waals surface area contributed by atoms with Crippen LogP contribution in [0.4, 0.5) is 0 Å². The van der Waals surface area contributed by atoms with Crippen molar-refractivity contribution in [3.05, 3.63) is 54.2 Å². The van der Waals surface area contributed by atoms with Crippen molar-refractivity contribution in [1.82, 2.24) is 51.8 Å². The number of aryl methyl sites for hydroxylation is 1. The highest BCUT2D eigenvalue weighted by molar-refractivity contribution is 5.96. The summed E-state index contributed by atoms with van der Waals surface area (Å²) in [7, 11) is 1.73. The molecule has 71 heavy (non-hydrogen) atoms. The average molecular weight is 994 g/mol. The number of primary amides is 2. The van der Waals surface area contributed by atoms with E-state index < -0.39 is 126 Å². The zero-order valence-electron chi connectivity index (χ0n) is 42.2. The molecular weight excluding hydrogens is 919 g/mol. The fourth-order valence-electron chi connectivity index (χ4n) is 7.64. The number of rotatable bonds is 29. The van der Waals surface area contributed by atoms with Gasteiger partial charge in [0, 0.05) is 55.3 Å². The van der Waals surface area contributed by atoms with E-state index in [-0.39, 0.29) is 44.6 Å². The Bertz CT molecular complexity index is 2340. The Kier molecular flexibility index (Phi) is 22.3. The van der Waals surface area contributed by atoms with Crippen molar-refractivity contribution < 1.29 is 48.3 Å². The predicted molar refractivity (Wildman–Crippen MR) is 264 cm³/mol. The van der Waals surface area contributed by atoms with E-state index in [2.05, 4.69) is 47.2 Å². The lowest BCUT2D eigenvalue weighted by atomic mass is 9.86. The van der Waals surface area contributed by atoms with E-state index in [1.165, 1.54) is 6.92 Å². The number of H-pyrrole nitrogens is 1. The normalized spacial score (nSPS) is 15.1. The van der Waals surface area contributed by atoms with Crippen LogP contribution in [-0.4, -0.2) is 134 Å². The maximum Gasteiger partial charge on any atom is 0.243 e. The first-order valence-electron chi connectivity index (χ1n) is 23.7. The van der Waals surface area contributed by atoms with Crippen LogP contribution in [-0.2, 0) is 63.0 Å². The van der Waals surface area contributed by atoms with E-state index in [1.54, 1.807) is 65.0 Å². The third-order valence-electron chi connectivity index (χ3n) is 11.8. The molecule has 8 atom stereocenters. The van der Waals surface area contributed by atoms with Gasteiger partial charge in [0.25, 0.3) is 0 Å². The van der Waals surface area contributed by atoms with Crippen LogP contribution >= 0.6 is 0 Å². The summed E-state index contributed by atoms with van der Waals surface area (Å²) in [6.07, 6.45) is 3.15. The van der Waals surface area contributed by atoms with Crippen molar-refractivity contribution in [2.75, 3.05) is 13.1 Å². The number of imidazole rings is 1. The van der Waals surface area contributed by atoms with Gasteiger partial charge in [-0.05, 0) is 48.6 Å². The minimum absolute atomic E-state index is 0.00806. The van der Waals surface area contributed by atoms with Crippen LogP contribution < -0.4 is 54.4 Å². The first-order chi connectivity index (χ1) is 33.2. The second kappa shape index (κ2) is 27.0. The molecule has 23 nitrogen and oxygen atoms in total. The Morgan fingerprint density at radius 3 is 2.06 bits per heavy atom. The molecular formula is C48H75N13O10. The molecule has 0 unspecified atom stereocenters. The van der Waals surface area contributed by atoms with Crippen LogP contribution in [0.5, 0.6) is 0 Å². The van der Waals surface area contributed by atoms with Crippen molar-refractivity contribution in [2.24, 2.45) is 41.5 Å². The van der Waals surface area contributed by atoms with E-state index in [4.69, 9.17) is 17.2 Å². The van der Waals surface area contributed by atoms with Gasteiger partial charge in [-0.25, -0.2) is 4.98 Å².